The number of ether oxygens (including phenoxy) is 1. The average molecular weight is 358 g/mol. The molecule has 0 fully saturated rings. The van der Waals surface area contributed by atoms with E-state index >= 15 is 0 Å². The van der Waals surface area contributed by atoms with Crippen molar-refractivity contribution in [2.45, 2.75) is 19.5 Å². The number of imide groups is 1. The molecule has 3 amide bonds. The van der Waals surface area contributed by atoms with E-state index in [-0.39, 0.29) is 5.56 Å². The van der Waals surface area contributed by atoms with Crippen LogP contribution < -0.4 is 10.6 Å². The van der Waals surface area contributed by atoms with E-state index < -0.39 is 36.3 Å². The molecule has 1 aromatic rings. The van der Waals surface area contributed by atoms with E-state index in [4.69, 9.17) is 0 Å². The zero-order chi connectivity index (χ0) is 18.9. The number of alkyl halides is 3. The summed E-state index contributed by atoms with van der Waals surface area (Å²) < 4.78 is 42.3. The minimum Gasteiger partial charge on any atom is -0.452 e. The first-order valence-corrected chi connectivity index (χ1v) is 7.32. The van der Waals surface area contributed by atoms with Gasteiger partial charge in [-0.3, -0.25) is 10.1 Å². The van der Waals surface area contributed by atoms with Gasteiger partial charge in [-0.2, -0.15) is 13.2 Å². The average Bonchev–Trinajstić information content (AvgIpc) is 2.55. The molecule has 0 aliphatic heterocycles. The van der Waals surface area contributed by atoms with Crippen LogP contribution in [0.25, 0.3) is 6.08 Å². The smallest absolute Gasteiger partial charge is 0.416 e. The molecule has 0 aliphatic rings. The Morgan fingerprint density at radius 1 is 1.24 bits per heavy atom. The van der Waals surface area contributed by atoms with Crippen LogP contribution in [-0.2, 0) is 20.5 Å². The number of amides is 3. The predicted octanol–water partition coefficient (Wildman–Crippen LogP) is 2.50. The van der Waals surface area contributed by atoms with Crippen LogP contribution in [0.2, 0.25) is 0 Å². The quantitative estimate of drug-likeness (QED) is 0.604. The van der Waals surface area contributed by atoms with Crippen LogP contribution in [0.5, 0.6) is 0 Å². The summed E-state index contributed by atoms with van der Waals surface area (Å²) in [5, 5.41) is 4.35. The van der Waals surface area contributed by atoms with Gasteiger partial charge in [0, 0.05) is 12.6 Å². The second kappa shape index (κ2) is 9.45. The monoisotopic (exact) mass is 358 g/mol. The first kappa shape index (κ1) is 20.2. The number of hydrogen-bond donors (Lipinski definition) is 2. The van der Waals surface area contributed by atoms with Gasteiger partial charge in [-0.05, 0) is 30.2 Å². The number of hydrogen-bond acceptors (Lipinski definition) is 4. The molecule has 136 valence electrons. The summed E-state index contributed by atoms with van der Waals surface area (Å²) in [4.78, 5) is 34.0. The first-order valence-electron chi connectivity index (χ1n) is 7.32. The number of halogens is 3. The fourth-order valence-corrected chi connectivity index (χ4v) is 1.61. The van der Waals surface area contributed by atoms with Crippen molar-refractivity contribution in [2.75, 3.05) is 13.2 Å². The van der Waals surface area contributed by atoms with Crippen molar-refractivity contribution in [3.05, 3.63) is 41.5 Å². The van der Waals surface area contributed by atoms with Crippen molar-refractivity contribution >= 4 is 24.0 Å². The number of benzene rings is 1. The summed E-state index contributed by atoms with van der Waals surface area (Å²) >= 11 is 0. The van der Waals surface area contributed by atoms with Gasteiger partial charge in [-0.15, -0.1) is 0 Å². The Balaban J connectivity index is 2.48. The first-order chi connectivity index (χ1) is 11.7. The number of carbonyl (C=O) groups excluding carboxylic acids is 3. The van der Waals surface area contributed by atoms with Crippen LogP contribution in [0.3, 0.4) is 0 Å². The lowest BCUT2D eigenvalue weighted by atomic mass is 10.1. The van der Waals surface area contributed by atoms with E-state index in [0.717, 1.165) is 24.3 Å². The van der Waals surface area contributed by atoms with Crippen LogP contribution >= 0.6 is 0 Å². The van der Waals surface area contributed by atoms with Gasteiger partial charge in [0.15, 0.2) is 6.61 Å². The fraction of sp³-hybridized carbons (Fsp3) is 0.312. The number of carbonyl (C=O) groups is 3. The SMILES string of the molecule is CCCNC(=O)NC(=O)COC(=O)/C=C/c1cccc(C(F)(F)F)c1. The van der Waals surface area contributed by atoms with Gasteiger partial charge in [0.2, 0.25) is 0 Å². The number of nitrogens with one attached hydrogen (secondary N) is 2. The van der Waals surface area contributed by atoms with E-state index in [2.05, 4.69) is 10.1 Å². The maximum absolute atomic E-state index is 12.6. The highest BCUT2D eigenvalue weighted by atomic mass is 19.4. The van der Waals surface area contributed by atoms with Crippen molar-refractivity contribution in [3.8, 4) is 0 Å². The molecule has 0 heterocycles. The Morgan fingerprint density at radius 3 is 2.60 bits per heavy atom. The lowest BCUT2D eigenvalue weighted by molar-refractivity contribution is -0.143. The molecule has 0 unspecified atom stereocenters. The standard InChI is InChI=1S/C16H17F3N2O4/c1-2-8-20-15(24)21-13(22)10-25-14(23)7-6-11-4-3-5-12(9-11)16(17,18)19/h3-7,9H,2,8,10H2,1H3,(H2,20,21,22,24)/b7-6+. The Morgan fingerprint density at radius 2 is 1.96 bits per heavy atom. The van der Waals surface area contributed by atoms with Crippen LogP contribution in [0, 0.1) is 0 Å². The number of urea groups is 1. The minimum absolute atomic E-state index is 0.148. The van der Waals surface area contributed by atoms with Crippen molar-refractivity contribution in [2.24, 2.45) is 0 Å². The van der Waals surface area contributed by atoms with E-state index in [0.29, 0.717) is 13.0 Å². The summed E-state index contributed by atoms with van der Waals surface area (Å²) in [5.74, 6) is -1.75. The summed E-state index contributed by atoms with van der Waals surface area (Å²) in [5.41, 5.74) is -0.698. The van der Waals surface area contributed by atoms with Gasteiger partial charge in [0.05, 0.1) is 5.56 Å². The zero-order valence-electron chi connectivity index (χ0n) is 13.4. The number of esters is 1. The molecule has 1 rings (SSSR count). The molecule has 25 heavy (non-hydrogen) atoms. The van der Waals surface area contributed by atoms with Gasteiger partial charge in [-0.25, -0.2) is 9.59 Å². The molecule has 0 radical (unpaired) electrons. The Kier molecular flexibility index (Phi) is 7.64. The van der Waals surface area contributed by atoms with Crippen molar-refractivity contribution in [3.63, 3.8) is 0 Å². The number of rotatable bonds is 6. The Labute approximate surface area is 142 Å². The van der Waals surface area contributed by atoms with E-state index in [1.807, 2.05) is 12.2 Å². The van der Waals surface area contributed by atoms with E-state index in [1.165, 1.54) is 12.1 Å². The highest BCUT2D eigenvalue weighted by Crippen LogP contribution is 2.29. The van der Waals surface area contributed by atoms with Gasteiger partial charge < -0.3 is 10.1 Å². The molecular formula is C16H17F3N2O4. The van der Waals surface area contributed by atoms with E-state index in [9.17, 15) is 27.6 Å². The predicted molar refractivity (Wildman–Crippen MR) is 83.3 cm³/mol. The molecule has 0 bridgehead atoms. The van der Waals surface area contributed by atoms with Crippen LogP contribution in [-0.4, -0.2) is 31.1 Å². The zero-order valence-corrected chi connectivity index (χ0v) is 13.4. The lowest BCUT2D eigenvalue weighted by Gasteiger charge is -2.07. The molecule has 2 N–H and O–H groups in total. The Bertz CT molecular complexity index is 657. The molecule has 1 aromatic carbocycles. The molecule has 0 spiro atoms. The molecule has 0 aliphatic carbocycles. The summed E-state index contributed by atoms with van der Waals surface area (Å²) in [6, 6.07) is 3.65. The summed E-state index contributed by atoms with van der Waals surface area (Å²) in [7, 11) is 0. The van der Waals surface area contributed by atoms with Gasteiger partial charge in [0.1, 0.15) is 0 Å². The fourth-order valence-electron chi connectivity index (χ4n) is 1.61. The summed E-state index contributed by atoms with van der Waals surface area (Å²) in [6.07, 6.45) is -1.78. The van der Waals surface area contributed by atoms with Crippen molar-refractivity contribution in [1.82, 2.24) is 10.6 Å². The van der Waals surface area contributed by atoms with Crippen LogP contribution in [0.15, 0.2) is 30.3 Å². The highest BCUT2D eigenvalue weighted by Gasteiger charge is 2.30. The molecule has 0 atom stereocenters. The topological polar surface area (TPSA) is 84.5 Å². The van der Waals surface area contributed by atoms with Crippen LogP contribution in [0.1, 0.15) is 24.5 Å². The Hall–Kier alpha value is -2.84. The lowest BCUT2D eigenvalue weighted by Crippen LogP contribution is -2.41. The minimum atomic E-state index is -4.49. The highest BCUT2D eigenvalue weighted by molar-refractivity contribution is 5.96. The molecule has 0 aromatic heterocycles. The second-order valence-corrected chi connectivity index (χ2v) is 4.87. The molecule has 9 heteroatoms. The second-order valence-electron chi connectivity index (χ2n) is 4.87. The summed E-state index contributed by atoms with van der Waals surface area (Å²) in [6.45, 7) is 1.53. The normalized spacial score (nSPS) is 11.2. The maximum atomic E-state index is 12.6. The third-order valence-electron chi connectivity index (χ3n) is 2.76. The van der Waals surface area contributed by atoms with Crippen molar-refractivity contribution in [1.29, 1.82) is 0 Å². The molecular weight excluding hydrogens is 341 g/mol. The van der Waals surface area contributed by atoms with Gasteiger partial charge >= 0.3 is 18.2 Å². The molecule has 0 saturated heterocycles. The maximum Gasteiger partial charge on any atom is 0.416 e. The van der Waals surface area contributed by atoms with E-state index in [1.54, 1.807) is 0 Å². The molecule has 0 saturated carbocycles. The molecule has 6 nitrogen and oxygen atoms in total. The van der Waals surface area contributed by atoms with Crippen LogP contribution in [0.4, 0.5) is 18.0 Å². The van der Waals surface area contributed by atoms with Crippen molar-refractivity contribution < 1.29 is 32.3 Å². The third kappa shape index (κ3) is 8.00. The van der Waals surface area contributed by atoms with Gasteiger partial charge in [-0.1, -0.05) is 19.1 Å². The third-order valence-corrected chi connectivity index (χ3v) is 2.76. The largest absolute Gasteiger partial charge is 0.452 e. The van der Waals surface area contributed by atoms with Gasteiger partial charge in [0.25, 0.3) is 5.91 Å².